The highest BCUT2D eigenvalue weighted by molar-refractivity contribution is 6.11. The van der Waals surface area contributed by atoms with Gasteiger partial charge in [-0.3, -0.25) is 14.5 Å². The molecule has 1 aromatic heterocycles. The Balaban J connectivity index is 1.75. The zero-order chi connectivity index (χ0) is 21.7. The summed E-state index contributed by atoms with van der Waals surface area (Å²) in [6.07, 6.45) is 3.30. The number of nitrogens with one attached hydrogen (secondary N) is 1. The van der Waals surface area contributed by atoms with E-state index in [1.54, 1.807) is 0 Å². The van der Waals surface area contributed by atoms with E-state index in [0.29, 0.717) is 18.0 Å². The third-order valence-corrected chi connectivity index (χ3v) is 6.40. The maximum atomic E-state index is 13.4. The Hall–Kier alpha value is -3.34. The lowest BCUT2D eigenvalue weighted by atomic mass is 9.84. The number of aryl methyl sites for hydroxylation is 1. The fraction of sp³-hybridized carbons (Fsp3) is 0.308. The Morgan fingerprint density at radius 2 is 1.90 bits per heavy atom. The van der Waals surface area contributed by atoms with Gasteiger partial charge >= 0.3 is 0 Å². The van der Waals surface area contributed by atoms with Gasteiger partial charge in [0.25, 0.3) is 5.91 Å². The van der Waals surface area contributed by atoms with E-state index in [1.165, 1.54) is 17.3 Å². The van der Waals surface area contributed by atoms with E-state index in [-0.39, 0.29) is 17.7 Å². The van der Waals surface area contributed by atoms with Crippen molar-refractivity contribution in [2.45, 2.75) is 39.7 Å². The Morgan fingerprint density at radius 1 is 1.13 bits per heavy atom. The Labute approximate surface area is 182 Å². The number of nitrogens with zero attached hydrogens (tertiary/aromatic N) is 2. The van der Waals surface area contributed by atoms with Gasteiger partial charge in [0.15, 0.2) is 0 Å². The van der Waals surface area contributed by atoms with E-state index in [9.17, 15) is 9.59 Å². The molecule has 0 unspecified atom stereocenters. The van der Waals surface area contributed by atoms with Gasteiger partial charge in [0.1, 0.15) is 0 Å². The van der Waals surface area contributed by atoms with Gasteiger partial charge in [0.05, 0.1) is 17.6 Å². The monoisotopic (exact) mass is 413 g/mol. The molecule has 0 radical (unpaired) electrons. The number of carbonyl (C=O) groups excluding carboxylic acids is 2. The molecule has 0 fully saturated rings. The lowest BCUT2D eigenvalue weighted by molar-refractivity contribution is -0.139. The summed E-state index contributed by atoms with van der Waals surface area (Å²) in [5, 5.41) is 4.69. The summed E-state index contributed by atoms with van der Waals surface area (Å²) in [7, 11) is 0. The van der Waals surface area contributed by atoms with E-state index >= 15 is 0 Å². The van der Waals surface area contributed by atoms with Crippen LogP contribution < -0.4 is 5.32 Å². The molecule has 2 aliphatic rings. The molecule has 3 aromatic rings. The first-order chi connectivity index (χ1) is 15.0. The molecule has 5 rings (SSSR count). The van der Waals surface area contributed by atoms with Crippen LogP contribution in [0, 0.1) is 5.92 Å². The summed E-state index contributed by atoms with van der Waals surface area (Å²) in [6, 6.07) is 16.4. The number of imide groups is 1. The molecule has 1 N–H and O–H groups in total. The minimum absolute atomic E-state index is 0.195. The number of benzene rings is 2. The van der Waals surface area contributed by atoms with Gasteiger partial charge in [-0.2, -0.15) is 0 Å². The van der Waals surface area contributed by atoms with Crippen molar-refractivity contribution in [1.82, 2.24) is 9.47 Å². The molecule has 3 heterocycles. The molecular formula is C26H27N3O2. The summed E-state index contributed by atoms with van der Waals surface area (Å²) < 4.78 is 2.32. The van der Waals surface area contributed by atoms with Crippen molar-refractivity contribution in [3.63, 3.8) is 0 Å². The molecule has 0 bridgehead atoms. The van der Waals surface area contributed by atoms with E-state index < -0.39 is 0 Å². The first-order valence-electron chi connectivity index (χ1n) is 10.9. The van der Waals surface area contributed by atoms with Gasteiger partial charge in [0, 0.05) is 42.4 Å². The van der Waals surface area contributed by atoms with Crippen molar-refractivity contribution in [1.29, 1.82) is 0 Å². The quantitative estimate of drug-likeness (QED) is 0.663. The second-order valence-electron chi connectivity index (χ2n) is 8.93. The van der Waals surface area contributed by atoms with E-state index in [4.69, 9.17) is 0 Å². The molecular weight excluding hydrogens is 386 g/mol. The van der Waals surface area contributed by atoms with Crippen LogP contribution in [0.3, 0.4) is 0 Å². The number of amides is 2. The van der Waals surface area contributed by atoms with Crippen LogP contribution in [0.25, 0.3) is 10.9 Å². The summed E-state index contributed by atoms with van der Waals surface area (Å²) in [5.41, 5.74) is 5.87. The molecule has 5 heteroatoms. The van der Waals surface area contributed by atoms with Crippen molar-refractivity contribution in [3.05, 3.63) is 77.1 Å². The molecule has 158 valence electrons. The molecule has 0 saturated carbocycles. The van der Waals surface area contributed by atoms with Gasteiger partial charge < -0.3 is 9.88 Å². The molecule has 0 spiro atoms. The van der Waals surface area contributed by atoms with Crippen LogP contribution in [-0.4, -0.2) is 27.8 Å². The Morgan fingerprint density at radius 3 is 2.61 bits per heavy atom. The molecule has 5 nitrogen and oxygen atoms in total. The highest BCUT2D eigenvalue weighted by Crippen LogP contribution is 2.46. The number of hydrogen-bond acceptors (Lipinski definition) is 3. The van der Waals surface area contributed by atoms with Crippen LogP contribution in [0.2, 0.25) is 0 Å². The Kier molecular flexibility index (Phi) is 4.69. The molecule has 2 aliphatic heterocycles. The van der Waals surface area contributed by atoms with Gasteiger partial charge in [-0.1, -0.05) is 50.2 Å². The average molecular weight is 414 g/mol. The lowest BCUT2D eigenvalue weighted by Crippen LogP contribution is -2.33. The van der Waals surface area contributed by atoms with Gasteiger partial charge in [-0.25, -0.2) is 0 Å². The van der Waals surface area contributed by atoms with Crippen molar-refractivity contribution in [3.8, 4) is 0 Å². The Bertz CT molecular complexity index is 1220. The van der Waals surface area contributed by atoms with Gasteiger partial charge in [-0.15, -0.1) is 0 Å². The first kappa shape index (κ1) is 19.6. The largest absolute Gasteiger partial charge is 0.356 e. The highest BCUT2D eigenvalue weighted by Gasteiger charge is 2.41. The van der Waals surface area contributed by atoms with Crippen LogP contribution in [0.1, 0.15) is 44.2 Å². The fourth-order valence-electron chi connectivity index (χ4n) is 4.85. The van der Waals surface area contributed by atoms with Crippen molar-refractivity contribution < 1.29 is 9.59 Å². The summed E-state index contributed by atoms with van der Waals surface area (Å²) in [4.78, 5) is 26.9. The van der Waals surface area contributed by atoms with Crippen molar-refractivity contribution in [2.24, 2.45) is 5.92 Å². The number of aromatic nitrogens is 1. The minimum atomic E-state index is -0.223. The fourth-order valence-corrected chi connectivity index (χ4v) is 4.85. The predicted molar refractivity (Wildman–Crippen MR) is 123 cm³/mol. The minimum Gasteiger partial charge on any atom is -0.356 e. The normalized spacial score (nSPS) is 17.9. The second-order valence-corrected chi connectivity index (χ2v) is 8.93. The third-order valence-electron chi connectivity index (χ3n) is 6.40. The van der Waals surface area contributed by atoms with Crippen molar-refractivity contribution >= 4 is 28.4 Å². The topological polar surface area (TPSA) is 54.3 Å². The number of anilines is 1. The third kappa shape index (κ3) is 3.16. The zero-order valence-electron chi connectivity index (χ0n) is 18.2. The van der Waals surface area contributed by atoms with Crippen LogP contribution in [-0.2, 0) is 16.1 Å². The summed E-state index contributed by atoms with van der Waals surface area (Å²) in [5.74, 6) is -0.0266. The summed E-state index contributed by atoms with van der Waals surface area (Å²) in [6.45, 7) is 7.15. The van der Waals surface area contributed by atoms with Gasteiger partial charge in [-0.05, 0) is 35.6 Å². The second kappa shape index (κ2) is 7.41. The van der Waals surface area contributed by atoms with Crippen LogP contribution in [0.15, 0.2) is 66.0 Å². The standard InChI is InChI=1S/C26H27N3O2/c1-16(2)12-13-28-14-19-23(18-8-5-4-6-9-18)25-21(15-29(17(3)30)26(25)31)27-20-10-7-11-22(28)24(19)20/h4-11,14,16,23,27H,12-13,15H2,1-3H3/t23-/m0/s1. The van der Waals surface area contributed by atoms with Crippen molar-refractivity contribution in [2.75, 3.05) is 11.9 Å². The van der Waals surface area contributed by atoms with Crippen LogP contribution in [0.4, 0.5) is 5.69 Å². The molecule has 0 saturated heterocycles. The van der Waals surface area contributed by atoms with Crippen LogP contribution in [0.5, 0.6) is 0 Å². The maximum Gasteiger partial charge on any atom is 0.259 e. The smallest absolute Gasteiger partial charge is 0.259 e. The number of rotatable bonds is 4. The molecule has 0 aliphatic carbocycles. The lowest BCUT2D eigenvalue weighted by Gasteiger charge is -2.19. The summed E-state index contributed by atoms with van der Waals surface area (Å²) >= 11 is 0. The maximum absolute atomic E-state index is 13.4. The highest BCUT2D eigenvalue weighted by atomic mass is 16.2. The molecule has 2 aromatic carbocycles. The number of hydrogen-bond donors (Lipinski definition) is 1. The van der Waals surface area contributed by atoms with E-state index in [0.717, 1.165) is 40.9 Å². The zero-order valence-corrected chi connectivity index (χ0v) is 18.2. The SMILES string of the molecule is CC(=O)N1CC2=C(C1=O)[C@@H](c1ccccc1)c1cn(CCC(C)C)c3cccc(c13)N2. The van der Waals surface area contributed by atoms with E-state index in [2.05, 4.69) is 60.3 Å². The predicted octanol–water partition coefficient (Wildman–Crippen LogP) is 4.89. The molecule has 2 amide bonds. The van der Waals surface area contributed by atoms with E-state index in [1.807, 2.05) is 18.2 Å². The average Bonchev–Trinajstić information content (AvgIpc) is 3.23. The molecule has 31 heavy (non-hydrogen) atoms. The molecule has 1 atom stereocenters. The van der Waals surface area contributed by atoms with Crippen LogP contribution >= 0.6 is 0 Å². The number of carbonyl (C=O) groups is 2. The van der Waals surface area contributed by atoms with Gasteiger partial charge in [0.2, 0.25) is 5.91 Å². The first-order valence-corrected chi connectivity index (χ1v) is 10.9.